The van der Waals surface area contributed by atoms with Gasteiger partial charge in [-0.1, -0.05) is 6.07 Å². The molecular formula is C15H18N4O. The van der Waals surface area contributed by atoms with Crippen molar-refractivity contribution in [1.29, 1.82) is 0 Å². The first-order valence-electron chi connectivity index (χ1n) is 6.88. The van der Waals surface area contributed by atoms with Crippen LogP contribution < -0.4 is 5.32 Å². The molecule has 0 saturated heterocycles. The van der Waals surface area contributed by atoms with Gasteiger partial charge < -0.3 is 5.32 Å². The predicted octanol–water partition coefficient (Wildman–Crippen LogP) is 1.93. The number of amides is 1. The fraction of sp³-hybridized carbons (Fsp3) is 0.400. The van der Waals surface area contributed by atoms with Gasteiger partial charge in [0.2, 0.25) is 0 Å². The van der Waals surface area contributed by atoms with Gasteiger partial charge >= 0.3 is 0 Å². The molecule has 20 heavy (non-hydrogen) atoms. The number of hydrogen-bond acceptors (Lipinski definition) is 3. The second-order valence-electron chi connectivity index (χ2n) is 5.25. The topological polar surface area (TPSA) is 59.8 Å². The average Bonchev–Trinajstić information content (AvgIpc) is 3.25. The van der Waals surface area contributed by atoms with E-state index in [9.17, 15) is 4.79 Å². The summed E-state index contributed by atoms with van der Waals surface area (Å²) >= 11 is 0. The first-order chi connectivity index (χ1) is 9.66. The summed E-state index contributed by atoms with van der Waals surface area (Å²) in [4.78, 5) is 16.6. The lowest BCUT2D eigenvalue weighted by molar-refractivity contribution is 0.0948. The molecule has 2 aromatic heterocycles. The van der Waals surface area contributed by atoms with E-state index in [2.05, 4.69) is 15.4 Å². The number of nitrogens with zero attached hydrogens (tertiary/aromatic N) is 3. The molecule has 0 spiro atoms. The van der Waals surface area contributed by atoms with Crippen molar-refractivity contribution in [1.82, 2.24) is 20.1 Å². The Hall–Kier alpha value is -2.17. The van der Waals surface area contributed by atoms with E-state index in [1.807, 2.05) is 32.2 Å². The molecule has 1 amide bonds. The van der Waals surface area contributed by atoms with Gasteiger partial charge in [-0.25, -0.2) is 0 Å². The molecule has 1 saturated carbocycles. The van der Waals surface area contributed by atoms with Gasteiger partial charge in [0.15, 0.2) is 0 Å². The largest absolute Gasteiger partial charge is 0.346 e. The van der Waals surface area contributed by atoms with E-state index in [4.69, 9.17) is 0 Å². The van der Waals surface area contributed by atoms with Crippen molar-refractivity contribution in [3.8, 4) is 0 Å². The van der Waals surface area contributed by atoms with Crippen LogP contribution in [0.2, 0.25) is 0 Å². The molecule has 104 valence electrons. The summed E-state index contributed by atoms with van der Waals surface area (Å²) in [6, 6.07) is 5.68. The highest BCUT2D eigenvalue weighted by atomic mass is 16.1. The molecule has 2 heterocycles. The van der Waals surface area contributed by atoms with Crippen LogP contribution in [0.1, 0.15) is 46.2 Å². The van der Waals surface area contributed by atoms with Gasteiger partial charge in [-0.3, -0.25) is 14.5 Å². The van der Waals surface area contributed by atoms with Crippen molar-refractivity contribution in [2.45, 2.75) is 32.2 Å². The maximum absolute atomic E-state index is 12.4. The zero-order valence-electron chi connectivity index (χ0n) is 11.8. The van der Waals surface area contributed by atoms with E-state index in [1.54, 1.807) is 10.9 Å². The summed E-state index contributed by atoms with van der Waals surface area (Å²) in [7, 11) is 1.89. The molecular weight excluding hydrogens is 252 g/mol. The van der Waals surface area contributed by atoms with Crippen LogP contribution in [0.3, 0.4) is 0 Å². The molecule has 1 aliphatic rings. The zero-order valence-corrected chi connectivity index (χ0v) is 11.8. The van der Waals surface area contributed by atoms with Crippen LogP contribution in [0.5, 0.6) is 0 Å². The number of carbonyl (C=O) groups excluding carboxylic acids is 1. The lowest BCUT2D eigenvalue weighted by atomic mass is 10.1. The van der Waals surface area contributed by atoms with E-state index >= 15 is 0 Å². The first-order valence-corrected chi connectivity index (χ1v) is 6.88. The second kappa shape index (κ2) is 5.07. The van der Waals surface area contributed by atoms with Gasteiger partial charge in [0.25, 0.3) is 5.91 Å². The van der Waals surface area contributed by atoms with Gasteiger partial charge in [-0.05, 0) is 31.9 Å². The second-order valence-corrected chi connectivity index (χ2v) is 5.25. The smallest absolute Gasteiger partial charge is 0.255 e. The molecule has 0 atom stereocenters. The highest BCUT2D eigenvalue weighted by molar-refractivity contribution is 5.96. The van der Waals surface area contributed by atoms with Crippen LogP contribution in [-0.4, -0.2) is 20.7 Å². The van der Waals surface area contributed by atoms with Crippen LogP contribution in [0.4, 0.5) is 0 Å². The van der Waals surface area contributed by atoms with E-state index in [0.717, 1.165) is 35.5 Å². The van der Waals surface area contributed by atoms with Gasteiger partial charge in [0, 0.05) is 24.9 Å². The molecule has 2 aromatic rings. The number of aromatic nitrogens is 3. The molecule has 0 aromatic carbocycles. The van der Waals surface area contributed by atoms with E-state index in [-0.39, 0.29) is 5.91 Å². The highest BCUT2D eigenvalue weighted by Crippen LogP contribution is 2.41. The number of aryl methyl sites for hydroxylation is 1. The maximum Gasteiger partial charge on any atom is 0.255 e. The van der Waals surface area contributed by atoms with Gasteiger partial charge in [0.1, 0.15) is 0 Å². The van der Waals surface area contributed by atoms with Crippen molar-refractivity contribution in [3.05, 3.63) is 47.0 Å². The third-order valence-electron chi connectivity index (χ3n) is 3.71. The Morgan fingerprint density at radius 3 is 2.90 bits per heavy atom. The van der Waals surface area contributed by atoms with E-state index < -0.39 is 0 Å². The van der Waals surface area contributed by atoms with Crippen molar-refractivity contribution in [3.63, 3.8) is 0 Å². The minimum absolute atomic E-state index is 0.0526. The lowest BCUT2D eigenvalue weighted by Crippen LogP contribution is -2.24. The van der Waals surface area contributed by atoms with Crippen LogP contribution in [0, 0.1) is 6.92 Å². The van der Waals surface area contributed by atoms with Crippen LogP contribution in [0.25, 0.3) is 0 Å². The van der Waals surface area contributed by atoms with Crippen molar-refractivity contribution < 1.29 is 4.79 Å². The SMILES string of the molecule is Cc1c(C(=O)NCc2ccccn2)c(C2CC2)nn1C. The van der Waals surface area contributed by atoms with E-state index in [0.29, 0.717) is 12.5 Å². The maximum atomic E-state index is 12.4. The molecule has 5 heteroatoms. The Morgan fingerprint density at radius 1 is 1.45 bits per heavy atom. The Balaban J connectivity index is 1.77. The molecule has 3 rings (SSSR count). The molecule has 0 bridgehead atoms. The third kappa shape index (κ3) is 2.43. The lowest BCUT2D eigenvalue weighted by Gasteiger charge is -2.06. The normalized spacial score (nSPS) is 14.3. The van der Waals surface area contributed by atoms with Crippen molar-refractivity contribution in [2.24, 2.45) is 7.05 Å². The third-order valence-corrected chi connectivity index (χ3v) is 3.71. The highest BCUT2D eigenvalue weighted by Gasteiger charge is 2.32. The fourth-order valence-electron chi connectivity index (χ4n) is 2.32. The predicted molar refractivity (Wildman–Crippen MR) is 75.3 cm³/mol. The Labute approximate surface area is 118 Å². The van der Waals surface area contributed by atoms with Crippen LogP contribution in [-0.2, 0) is 13.6 Å². The summed E-state index contributed by atoms with van der Waals surface area (Å²) < 4.78 is 1.79. The number of carbonyl (C=O) groups is 1. The molecule has 1 aliphatic carbocycles. The summed E-state index contributed by atoms with van der Waals surface area (Å²) in [5, 5.41) is 7.43. The molecule has 0 radical (unpaired) electrons. The van der Waals surface area contributed by atoms with Gasteiger partial charge in [-0.15, -0.1) is 0 Å². The molecule has 0 aliphatic heterocycles. The van der Waals surface area contributed by atoms with E-state index in [1.165, 1.54) is 0 Å². The number of hydrogen-bond donors (Lipinski definition) is 1. The van der Waals surface area contributed by atoms with Gasteiger partial charge in [0.05, 0.1) is 23.5 Å². The van der Waals surface area contributed by atoms with Gasteiger partial charge in [-0.2, -0.15) is 5.10 Å². The summed E-state index contributed by atoms with van der Waals surface area (Å²) in [5.74, 6) is 0.411. The molecule has 1 N–H and O–H groups in total. The molecule has 1 fully saturated rings. The number of nitrogens with one attached hydrogen (secondary N) is 1. The standard InChI is InChI=1S/C15H18N4O/c1-10-13(14(11-6-7-11)18-19(10)2)15(20)17-9-12-5-3-4-8-16-12/h3-5,8,11H,6-7,9H2,1-2H3,(H,17,20). The molecule has 0 unspecified atom stereocenters. The number of pyridine rings is 1. The van der Waals surface area contributed by atoms with Crippen molar-refractivity contribution in [2.75, 3.05) is 0 Å². The first kappa shape index (κ1) is 12.8. The zero-order chi connectivity index (χ0) is 14.1. The quantitative estimate of drug-likeness (QED) is 0.923. The minimum Gasteiger partial charge on any atom is -0.346 e. The fourth-order valence-corrected chi connectivity index (χ4v) is 2.32. The Bertz CT molecular complexity index is 629. The van der Waals surface area contributed by atoms with Crippen LogP contribution >= 0.6 is 0 Å². The summed E-state index contributed by atoms with van der Waals surface area (Å²) in [6.07, 6.45) is 4.00. The minimum atomic E-state index is -0.0526. The molecule has 5 nitrogen and oxygen atoms in total. The summed E-state index contributed by atoms with van der Waals surface area (Å²) in [6.45, 7) is 2.38. The van der Waals surface area contributed by atoms with Crippen LogP contribution in [0.15, 0.2) is 24.4 Å². The summed E-state index contributed by atoms with van der Waals surface area (Å²) in [5.41, 5.74) is 3.47. The number of rotatable bonds is 4. The van der Waals surface area contributed by atoms with Crippen molar-refractivity contribution >= 4 is 5.91 Å². The Kier molecular flexibility index (Phi) is 3.26. The Morgan fingerprint density at radius 2 is 2.25 bits per heavy atom. The average molecular weight is 270 g/mol. The monoisotopic (exact) mass is 270 g/mol.